The molecule has 0 aliphatic heterocycles. The van der Waals surface area contributed by atoms with E-state index in [4.69, 9.17) is 0 Å². The van der Waals surface area contributed by atoms with E-state index in [1.54, 1.807) is 0 Å². The molecule has 0 saturated heterocycles. The van der Waals surface area contributed by atoms with Crippen molar-refractivity contribution < 1.29 is 43.2 Å². The largest absolute Gasteiger partial charge is 0.428 e. The molecule has 0 spiro atoms. The second kappa shape index (κ2) is 4.13. The van der Waals surface area contributed by atoms with Crippen LogP contribution < -0.4 is 0 Å². The van der Waals surface area contributed by atoms with Crippen molar-refractivity contribution >= 4 is 42.8 Å². The molecule has 0 atom stereocenters. The molecular weight excluding hydrogens is 394 g/mol. The van der Waals surface area contributed by atoms with E-state index >= 15 is 0 Å². The predicted molar refractivity (Wildman–Crippen MR) is 47.5 cm³/mol. The van der Waals surface area contributed by atoms with E-state index in [0.717, 1.165) is 14.8 Å². The van der Waals surface area contributed by atoms with Gasteiger partial charge in [-0.25, -0.2) is 16.8 Å². The van der Waals surface area contributed by atoms with E-state index in [1.807, 2.05) is 0 Å². The molecule has 0 aliphatic carbocycles. The predicted octanol–water partition coefficient (Wildman–Crippen LogP) is 2.10. The van der Waals surface area contributed by atoms with Crippen molar-refractivity contribution in [2.24, 2.45) is 0 Å². The quantitative estimate of drug-likeness (QED) is 0.542. The van der Waals surface area contributed by atoms with Crippen LogP contribution in [0.4, 0.5) is 26.3 Å². The summed E-state index contributed by atoms with van der Waals surface area (Å²) in [5.74, 6) is -6.76. The summed E-state index contributed by atoms with van der Waals surface area (Å²) >= 11 is 1.07. The first-order valence-corrected chi connectivity index (χ1v) is 8.65. The second-order valence-electron chi connectivity index (χ2n) is 2.48. The SMILES string of the molecule is O=S(=O)(Cl)C(F)(F)C(F)(F)C(F)(F)S(=O)(=O)Br. The summed E-state index contributed by atoms with van der Waals surface area (Å²) in [6.07, 6.45) is 0. The third-order valence-electron chi connectivity index (χ3n) is 1.34. The zero-order valence-electron chi connectivity index (χ0n) is 6.97. The van der Waals surface area contributed by atoms with E-state index < -0.39 is 33.8 Å². The lowest BCUT2D eigenvalue weighted by Gasteiger charge is -2.28. The second-order valence-corrected chi connectivity index (χ2v) is 9.04. The molecule has 0 rings (SSSR count). The molecule has 104 valence electrons. The maximum absolute atomic E-state index is 12.6. The minimum Gasteiger partial charge on any atom is -0.210 e. The number of hydrogen-bond acceptors (Lipinski definition) is 4. The summed E-state index contributed by atoms with van der Waals surface area (Å²) in [6.45, 7) is 0. The highest BCUT2D eigenvalue weighted by molar-refractivity contribution is 9.47. The smallest absolute Gasteiger partial charge is 0.210 e. The Balaban J connectivity index is 6.10. The molecule has 14 heteroatoms. The summed E-state index contributed by atoms with van der Waals surface area (Å²) in [7, 11) is -8.79. The summed E-state index contributed by atoms with van der Waals surface area (Å²) in [6, 6.07) is 0. The Morgan fingerprint density at radius 1 is 0.824 bits per heavy atom. The van der Waals surface area contributed by atoms with Crippen LogP contribution in [0.15, 0.2) is 0 Å². The van der Waals surface area contributed by atoms with Crippen LogP contribution in [-0.4, -0.2) is 33.3 Å². The Labute approximate surface area is 102 Å². The molecule has 0 aliphatic rings. The van der Waals surface area contributed by atoms with Gasteiger partial charge in [0.25, 0.3) is 8.27 Å². The van der Waals surface area contributed by atoms with Crippen LogP contribution in [0.3, 0.4) is 0 Å². The molecule has 0 aromatic rings. The van der Waals surface area contributed by atoms with E-state index in [2.05, 4.69) is 10.7 Å². The van der Waals surface area contributed by atoms with Crippen LogP contribution in [0.1, 0.15) is 0 Å². The van der Waals surface area contributed by atoms with Crippen LogP contribution in [-0.2, 0) is 17.3 Å². The minimum atomic E-state index is -6.76. The minimum absolute atomic E-state index is 1.07. The van der Waals surface area contributed by atoms with Crippen molar-refractivity contribution in [3.63, 3.8) is 0 Å². The van der Waals surface area contributed by atoms with E-state index in [-0.39, 0.29) is 0 Å². The molecule has 0 bridgehead atoms. The van der Waals surface area contributed by atoms with Gasteiger partial charge < -0.3 is 0 Å². The van der Waals surface area contributed by atoms with Gasteiger partial charge in [0.05, 0.1) is 14.8 Å². The fourth-order valence-electron chi connectivity index (χ4n) is 0.476. The molecule has 0 fully saturated rings. The summed E-state index contributed by atoms with van der Waals surface area (Å²) in [4.78, 5) is 0. The van der Waals surface area contributed by atoms with Crippen molar-refractivity contribution in [3.8, 4) is 0 Å². The van der Waals surface area contributed by atoms with E-state index in [9.17, 15) is 43.2 Å². The van der Waals surface area contributed by atoms with Gasteiger partial charge in [0.2, 0.25) is 0 Å². The van der Waals surface area contributed by atoms with E-state index in [1.165, 1.54) is 0 Å². The molecule has 0 N–H and O–H groups in total. The average Bonchev–Trinajstić information content (AvgIpc) is 1.98. The molecular formula is C3BrClF6O4S2. The fraction of sp³-hybridized carbons (Fsp3) is 1.00. The number of rotatable bonds is 4. The summed E-state index contributed by atoms with van der Waals surface area (Å²) in [5, 5.41) is -12.9. The Bertz CT molecular complexity index is 465. The number of alkyl halides is 6. The third-order valence-corrected chi connectivity index (χ3v) is 4.88. The lowest BCUT2D eigenvalue weighted by molar-refractivity contribution is -0.242. The average molecular weight is 394 g/mol. The molecule has 17 heavy (non-hydrogen) atoms. The van der Waals surface area contributed by atoms with Gasteiger partial charge in [-0.15, -0.1) is 0 Å². The van der Waals surface area contributed by atoms with Crippen molar-refractivity contribution in [1.29, 1.82) is 0 Å². The monoisotopic (exact) mass is 392 g/mol. The van der Waals surface area contributed by atoms with Crippen molar-refractivity contribution in [3.05, 3.63) is 0 Å². The highest BCUT2D eigenvalue weighted by Gasteiger charge is 2.81. The molecule has 0 saturated carbocycles. The van der Waals surface area contributed by atoms with Crippen LogP contribution in [0.5, 0.6) is 0 Å². The van der Waals surface area contributed by atoms with Gasteiger partial charge in [-0.2, -0.15) is 26.3 Å². The Morgan fingerprint density at radius 2 is 1.12 bits per heavy atom. The number of hydrogen-bond donors (Lipinski definition) is 0. The van der Waals surface area contributed by atoms with Crippen molar-refractivity contribution in [1.82, 2.24) is 0 Å². The van der Waals surface area contributed by atoms with Gasteiger partial charge in [-0.1, -0.05) is 0 Å². The van der Waals surface area contributed by atoms with Gasteiger partial charge >= 0.3 is 25.5 Å². The molecule has 0 amide bonds. The topological polar surface area (TPSA) is 68.3 Å². The molecule has 0 heterocycles. The van der Waals surface area contributed by atoms with Crippen LogP contribution in [0, 0.1) is 0 Å². The van der Waals surface area contributed by atoms with Crippen LogP contribution >= 0.6 is 25.5 Å². The summed E-state index contributed by atoms with van der Waals surface area (Å²) < 4.78 is 116. The van der Waals surface area contributed by atoms with Crippen molar-refractivity contribution in [2.75, 3.05) is 0 Å². The Hall–Kier alpha value is 0.250. The third kappa shape index (κ3) is 2.51. The Kier molecular flexibility index (Phi) is 4.19. The first-order valence-electron chi connectivity index (χ1n) is 3.02. The zero-order chi connectivity index (χ0) is 14.5. The van der Waals surface area contributed by atoms with Gasteiger partial charge in [0.1, 0.15) is 0 Å². The molecule has 0 unspecified atom stereocenters. The normalized spacial score (nSPS) is 16.0. The van der Waals surface area contributed by atoms with Gasteiger partial charge in [-0.05, 0) is 0 Å². The first-order chi connectivity index (χ1) is 7.00. The lowest BCUT2D eigenvalue weighted by Crippen LogP contribution is -2.58. The maximum atomic E-state index is 12.6. The number of halogens is 8. The van der Waals surface area contributed by atoms with Crippen molar-refractivity contribution in [2.45, 2.75) is 16.4 Å². The standard InChI is InChI=1S/C3BrClF6O4S2/c4-16(12,13)2(8,9)1(6,7)3(10,11)17(5,14)15. The first kappa shape index (κ1) is 17.2. The fourth-order valence-corrected chi connectivity index (χ4v) is 2.31. The molecule has 0 aromatic heterocycles. The van der Waals surface area contributed by atoms with Gasteiger partial charge in [0.15, 0.2) is 0 Å². The van der Waals surface area contributed by atoms with Crippen LogP contribution in [0.25, 0.3) is 0 Å². The molecule has 4 nitrogen and oxygen atoms in total. The van der Waals surface area contributed by atoms with Gasteiger partial charge in [0, 0.05) is 10.7 Å². The molecule has 0 radical (unpaired) electrons. The highest BCUT2D eigenvalue weighted by Crippen LogP contribution is 2.52. The maximum Gasteiger partial charge on any atom is 0.428 e. The molecule has 0 aromatic carbocycles. The van der Waals surface area contributed by atoms with Gasteiger partial charge in [-0.3, -0.25) is 0 Å². The zero-order valence-corrected chi connectivity index (χ0v) is 10.9. The Morgan fingerprint density at radius 3 is 1.29 bits per heavy atom. The highest BCUT2D eigenvalue weighted by atomic mass is 79.9. The van der Waals surface area contributed by atoms with Crippen LogP contribution in [0.2, 0.25) is 0 Å². The summed E-state index contributed by atoms with van der Waals surface area (Å²) in [5.41, 5.74) is 0. The van der Waals surface area contributed by atoms with E-state index in [0.29, 0.717) is 0 Å². The lowest BCUT2D eigenvalue weighted by atomic mass is 10.3.